The van der Waals surface area contributed by atoms with Crippen LogP contribution in [-0.4, -0.2) is 40.5 Å². The molecule has 0 atom stereocenters. The molecule has 3 rings (SSSR count). The van der Waals surface area contributed by atoms with E-state index in [2.05, 4.69) is 45.9 Å². The van der Waals surface area contributed by atoms with Crippen molar-refractivity contribution >= 4 is 22.8 Å². The van der Waals surface area contributed by atoms with Gasteiger partial charge in [0.2, 0.25) is 5.91 Å². The fourth-order valence-corrected chi connectivity index (χ4v) is 3.30. The molecule has 1 aliphatic heterocycles. The summed E-state index contributed by atoms with van der Waals surface area (Å²) in [7, 11) is 0. The predicted molar refractivity (Wildman–Crippen MR) is 99.4 cm³/mol. The average molecular weight is 341 g/mol. The average Bonchev–Trinajstić information content (AvgIpc) is 2.58. The highest BCUT2D eigenvalue weighted by atomic mass is 16.1. The Morgan fingerprint density at radius 3 is 2.56 bits per heavy atom. The van der Waals surface area contributed by atoms with E-state index in [0.29, 0.717) is 18.0 Å². The second kappa shape index (κ2) is 7.33. The predicted octanol–water partition coefficient (Wildman–Crippen LogP) is 2.79. The molecular formula is C19H27N5O. The molecule has 1 saturated heterocycles. The summed E-state index contributed by atoms with van der Waals surface area (Å²) in [4.78, 5) is 27.4. The Labute approximate surface area is 149 Å². The summed E-state index contributed by atoms with van der Waals surface area (Å²) in [5, 5.41) is 3.10. The first-order valence-corrected chi connectivity index (χ1v) is 9.00. The molecule has 0 saturated carbocycles. The summed E-state index contributed by atoms with van der Waals surface area (Å²) >= 11 is 0. The Kier molecular flexibility index (Phi) is 5.16. The Bertz CT molecular complexity index is 727. The van der Waals surface area contributed by atoms with Gasteiger partial charge in [0.1, 0.15) is 5.52 Å². The van der Waals surface area contributed by atoms with Gasteiger partial charge in [-0.1, -0.05) is 20.8 Å². The second-order valence-electron chi connectivity index (χ2n) is 8.03. The van der Waals surface area contributed by atoms with Crippen molar-refractivity contribution in [3.05, 3.63) is 24.7 Å². The lowest BCUT2D eigenvalue weighted by atomic mass is 9.91. The lowest BCUT2D eigenvalue weighted by Gasteiger charge is -2.34. The van der Waals surface area contributed by atoms with Gasteiger partial charge in [0, 0.05) is 44.6 Å². The summed E-state index contributed by atoms with van der Waals surface area (Å²) in [6.45, 7) is 8.98. The van der Waals surface area contributed by atoms with E-state index in [9.17, 15) is 4.79 Å². The first kappa shape index (κ1) is 17.6. The number of fused-ring (bicyclic) bond motifs is 1. The van der Waals surface area contributed by atoms with Crippen LogP contribution in [0.15, 0.2) is 24.7 Å². The van der Waals surface area contributed by atoms with Crippen LogP contribution in [0.5, 0.6) is 0 Å². The largest absolute Gasteiger partial charge is 0.370 e. The smallest absolute Gasteiger partial charge is 0.220 e. The van der Waals surface area contributed by atoms with Crippen molar-refractivity contribution in [1.82, 2.24) is 20.3 Å². The van der Waals surface area contributed by atoms with Crippen LogP contribution in [0.1, 0.15) is 40.0 Å². The maximum absolute atomic E-state index is 12.0. The van der Waals surface area contributed by atoms with Crippen LogP contribution in [0.25, 0.3) is 11.2 Å². The third-order valence-electron chi connectivity index (χ3n) is 4.58. The summed E-state index contributed by atoms with van der Waals surface area (Å²) in [5.74, 6) is 0.699. The summed E-state index contributed by atoms with van der Waals surface area (Å²) in [6.07, 6.45) is 7.90. The van der Waals surface area contributed by atoms with E-state index in [-0.39, 0.29) is 11.3 Å². The van der Waals surface area contributed by atoms with Crippen molar-refractivity contribution in [1.29, 1.82) is 0 Å². The van der Waals surface area contributed by atoms with Crippen molar-refractivity contribution in [2.75, 3.05) is 24.5 Å². The molecule has 6 heteroatoms. The molecule has 0 spiro atoms. The Morgan fingerprint density at radius 1 is 1.16 bits per heavy atom. The Morgan fingerprint density at radius 2 is 1.84 bits per heavy atom. The van der Waals surface area contributed by atoms with Crippen molar-refractivity contribution in [2.24, 2.45) is 11.3 Å². The van der Waals surface area contributed by atoms with Crippen molar-refractivity contribution in [2.45, 2.75) is 40.0 Å². The molecule has 1 amide bonds. The van der Waals surface area contributed by atoms with E-state index >= 15 is 0 Å². The van der Waals surface area contributed by atoms with Gasteiger partial charge in [-0.25, -0.2) is 15.0 Å². The lowest BCUT2D eigenvalue weighted by molar-refractivity contribution is -0.123. The van der Waals surface area contributed by atoms with Gasteiger partial charge in [-0.3, -0.25) is 4.79 Å². The van der Waals surface area contributed by atoms with E-state index < -0.39 is 0 Å². The highest BCUT2D eigenvalue weighted by Gasteiger charge is 2.22. The third kappa shape index (κ3) is 4.65. The number of piperidine rings is 1. The van der Waals surface area contributed by atoms with Crippen LogP contribution >= 0.6 is 0 Å². The molecular weight excluding hydrogens is 314 g/mol. The Balaban J connectivity index is 1.54. The fraction of sp³-hybridized carbons (Fsp3) is 0.579. The number of hydrogen-bond donors (Lipinski definition) is 1. The number of carbonyl (C=O) groups excluding carboxylic acids is 1. The van der Waals surface area contributed by atoms with Crippen LogP contribution < -0.4 is 10.2 Å². The first-order valence-electron chi connectivity index (χ1n) is 9.00. The number of rotatable bonds is 4. The molecule has 2 aromatic heterocycles. The lowest BCUT2D eigenvalue weighted by Crippen LogP contribution is -2.39. The third-order valence-corrected chi connectivity index (χ3v) is 4.58. The van der Waals surface area contributed by atoms with Gasteiger partial charge in [0.25, 0.3) is 0 Å². The van der Waals surface area contributed by atoms with Gasteiger partial charge >= 0.3 is 0 Å². The van der Waals surface area contributed by atoms with Crippen LogP contribution in [0.3, 0.4) is 0 Å². The summed E-state index contributed by atoms with van der Waals surface area (Å²) < 4.78 is 0. The topological polar surface area (TPSA) is 71.0 Å². The molecule has 2 aromatic rings. The maximum atomic E-state index is 12.0. The highest BCUT2D eigenvalue weighted by molar-refractivity contribution is 5.85. The molecule has 25 heavy (non-hydrogen) atoms. The van der Waals surface area contributed by atoms with E-state index in [1.807, 2.05) is 6.07 Å². The Hall–Kier alpha value is -2.24. The number of nitrogens with one attached hydrogen (secondary N) is 1. The molecule has 0 aliphatic carbocycles. The molecule has 1 aliphatic rings. The number of nitrogens with zero attached hydrogens (tertiary/aromatic N) is 4. The zero-order chi connectivity index (χ0) is 17.9. The van der Waals surface area contributed by atoms with E-state index in [4.69, 9.17) is 0 Å². The number of amides is 1. The van der Waals surface area contributed by atoms with E-state index in [1.165, 1.54) is 0 Å². The highest BCUT2D eigenvalue weighted by Crippen LogP contribution is 2.27. The molecule has 1 N–H and O–H groups in total. The minimum atomic E-state index is 0.0386. The molecule has 134 valence electrons. The van der Waals surface area contributed by atoms with Crippen LogP contribution in [0.2, 0.25) is 0 Å². The van der Waals surface area contributed by atoms with Crippen molar-refractivity contribution in [3.8, 4) is 0 Å². The summed E-state index contributed by atoms with van der Waals surface area (Å²) in [6, 6.07) is 2.02. The second-order valence-corrected chi connectivity index (χ2v) is 8.03. The molecule has 0 unspecified atom stereocenters. The number of anilines is 1. The number of aromatic nitrogens is 3. The van der Waals surface area contributed by atoms with Crippen molar-refractivity contribution < 1.29 is 4.79 Å². The van der Waals surface area contributed by atoms with Gasteiger partial charge < -0.3 is 10.2 Å². The summed E-state index contributed by atoms with van der Waals surface area (Å²) in [5.41, 5.74) is 2.70. The number of carbonyl (C=O) groups is 1. The zero-order valence-electron chi connectivity index (χ0n) is 15.3. The molecule has 3 heterocycles. The maximum Gasteiger partial charge on any atom is 0.220 e. The fourth-order valence-electron chi connectivity index (χ4n) is 3.30. The first-order chi connectivity index (χ1) is 11.9. The molecule has 0 radical (unpaired) electrons. The SMILES string of the molecule is CC(C)(C)CC(=O)NCC1CCN(c2ccnc3nccnc23)CC1. The van der Waals surface area contributed by atoms with Crippen LogP contribution in [0, 0.1) is 11.3 Å². The van der Waals surface area contributed by atoms with E-state index in [0.717, 1.165) is 43.7 Å². The van der Waals surface area contributed by atoms with Gasteiger partial charge in [-0.05, 0) is 30.2 Å². The van der Waals surface area contributed by atoms with Crippen molar-refractivity contribution in [3.63, 3.8) is 0 Å². The van der Waals surface area contributed by atoms with Gasteiger partial charge in [0.05, 0.1) is 5.69 Å². The molecule has 1 fully saturated rings. The van der Waals surface area contributed by atoms with Gasteiger partial charge in [-0.15, -0.1) is 0 Å². The van der Waals surface area contributed by atoms with Crippen LogP contribution in [0.4, 0.5) is 5.69 Å². The minimum absolute atomic E-state index is 0.0386. The molecule has 6 nitrogen and oxygen atoms in total. The van der Waals surface area contributed by atoms with Crippen LogP contribution in [-0.2, 0) is 4.79 Å². The quantitative estimate of drug-likeness (QED) is 0.926. The standard InChI is InChI=1S/C19H27N5O/c1-19(2,3)12-16(25)23-13-14-5-10-24(11-6-14)15-4-7-21-18-17(15)20-8-9-22-18/h4,7-9,14H,5-6,10-13H2,1-3H3,(H,23,25). The normalized spacial score (nSPS) is 16.2. The van der Waals surface area contributed by atoms with Gasteiger partial charge in [-0.2, -0.15) is 0 Å². The van der Waals surface area contributed by atoms with Gasteiger partial charge in [0.15, 0.2) is 5.65 Å². The molecule has 0 aromatic carbocycles. The zero-order valence-corrected chi connectivity index (χ0v) is 15.3. The van der Waals surface area contributed by atoms with E-state index in [1.54, 1.807) is 18.6 Å². The number of pyridine rings is 1. The minimum Gasteiger partial charge on any atom is -0.370 e. The monoisotopic (exact) mass is 341 g/mol. The number of hydrogen-bond acceptors (Lipinski definition) is 5. The molecule has 0 bridgehead atoms.